The number of fused-ring (bicyclic) bond motifs is 6. The average Bonchev–Trinajstić information content (AvgIpc) is 3.91. The fraction of sp³-hybridized carbons (Fsp3) is 0.0328. The van der Waals surface area contributed by atoms with Crippen molar-refractivity contribution in [1.82, 2.24) is 19.1 Å². The molecule has 0 bridgehead atoms. The molecule has 0 spiro atoms. The summed E-state index contributed by atoms with van der Waals surface area (Å²) in [5.74, 6) is 1.34. The summed E-state index contributed by atoms with van der Waals surface area (Å²) < 4.78 is 4.50. The molecule has 0 amide bonds. The van der Waals surface area contributed by atoms with Crippen molar-refractivity contribution in [3.63, 3.8) is 0 Å². The third-order valence-corrected chi connectivity index (χ3v) is 12.9. The maximum absolute atomic E-state index is 9.81. The summed E-state index contributed by atoms with van der Waals surface area (Å²) in [5, 5.41) is 14.2. The molecule has 0 fully saturated rings. The minimum Gasteiger partial charge on any atom is -0.310 e. The predicted octanol–water partition coefficient (Wildman–Crippen LogP) is 14.7. The van der Waals surface area contributed by atoms with Crippen LogP contribution in [0.5, 0.6) is 0 Å². The van der Waals surface area contributed by atoms with Crippen molar-refractivity contribution < 1.29 is 0 Å². The van der Waals surface area contributed by atoms with E-state index in [0.717, 1.165) is 77.5 Å². The van der Waals surface area contributed by atoms with Gasteiger partial charge in [-0.15, -0.1) is 0 Å². The van der Waals surface area contributed by atoms with Crippen LogP contribution < -0.4 is 0 Å². The summed E-state index contributed by atoms with van der Waals surface area (Å²) in [5.41, 5.74) is 12.3. The molecular formula is C61H43N5. The Morgan fingerprint density at radius 3 is 1.55 bits per heavy atom. The molecule has 312 valence electrons. The van der Waals surface area contributed by atoms with Crippen LogP contribution in [-0.4, -0.2) is 19.1 Å². The zero-order valence-corrected chi connectivity index (χ0v) is 36.4. The smallest absolute Gasteiger partial charge is 0.162 e. The molecule has 3 aromatic heterocycles. The molecule has 11 rings (SSSR count). The van der Waals surface area contributed by atoms with Crippen LogP contribution >= 0.6 is 0 Å². The second-order valence-electron chi connectivity index (χ2n) is 16.4. The minimum absolute atomic E-state index is 0.593. The molecule has 0 aliphatic rings. The van der Waals surface area contributed by atoms with Crippen LogP contribution in [0.15, 0.2) is 237 Å². The summed E-state index contributed by atoms with van der Waals surface area (Å²) in [7, 11) is 0. The second-order valence-corrected chi connectivity index (χ2v) is 16.4. The Kier molecular flexibility index (Phi) is 10.1. The molecule has 8 aromatic carbocycles. The zero-order valence-electron chi connectivity index (χ0n) is 36.4. The summed E-state index contributed by atoms with van der Waals surface area (Å²) in [6.45, 7) is 6.41. The lowest BCUT2D eigenvalue weighted by atomic mass is 9.65. The number of hydrogen-bond acceptors (Lipinski definition) is 3. The van der Waals surface area contributed by atoms with Crippen LogP contribution in [0.1, 0.15) is 40.4 Å². The number of allylic oxidation sites excluding steroid dienone is 5. The van der Waals surface area contributed by atoms with Gasteiger partial charge in [-0.3, -0.25) is 4.57 Å². The molecule has 11 aromatic rings. The number of para-hydroxylation sites is 3. The molecule has 0 aliphatic carbocycles. The molecule has 5 nitrogen and oxygen atoms in total. The topological polar surface area (TPSA) is 59.4 Å². The van der Waals surface area contributed by atoms with Gasteiger partial charge in [-0.05, 0) is 71.7 Å². The molecule has 0 unspecified atom stereocenters. The van der Waals surface area contributed by atoms with Gasteiger partial charge >= 0.3 is 0 Å². The molecule has 0 N–H and O–H groups in total. The lowest BCUT2D eigenvalue weighted by Crippen LogP contribution is -2.30. The van der Waals surface area contributed by atoms with Gasteiger partial charge in [0, 0.05) is 44.4 Å². The lowest BCUT2D eigenvalue weighted by molar-refractivity contribution is 0.745. The highest BCUT2D eigenvalue weighted by molar-refractivity contribution is 6.11. The summed E-state index contributed by atoms with van der Waals surface area (Å²) in [6, 6.07) is 76.7. The van der Waals surface area contributed by atoms with E-state index in [1.807, 2.05) is 37.3 Å². The van der Waals surface area contributed by atoms with Crippen LogP contribution in [0.4, 0.5) is 0 Å². The van der Waals surface area contributed by atoms with Gasteiger partial charge in [-0.2, -0.15) is 5.26 Å². The second kappa shape index (κ2) is 16.7. The van der Waals surface area contributed by atoms with Crippen LogP contribution in [0, 0.1) is 11.3 Å². The molecule has 0 atom stereocenters. The Morgan fingerprint density at radius 1 is 0.530 bits per heavy atom. The van der Waals surface area contributed by atoms with Gasteiger partial charge in [0.15, 0.2) is 5.82 Å². The fourth-order valence-corrected chi connectivity index (χ4v) is 9.92. The molecule has 5 heteroatoms. The first-order valence-corrected chi connectivity index (χ1v) is 22.2. The quantitative estimate of drug-likeness (QED) is 0.102. The van der Waals surface area contributed by atoms with Crippen molar-refractivity contribution in [1.29, 1.82) is 5.26 Å². The van der Waals surface area contributed by atoms with E-state index in [1.54, 1.807) is 0 Å². The third kappa shape index (κ3) is 6.55. The molecule has 3 heterocycles. The van der Waals surface area contributed by atoms with E-state index in [4.69, 9.17) is 9.97 Å². The van der Waals surface area contributed by atoms with E-state index in [9.17, 15) is 5.26 Å². The Hall–Kier alpha value is -8.85. The molecule has 0 saturated heterocycles. The van der Waals surface area contributed by atoms with E-state index in [1.165, 1.54) is 16.7 Å². The van der Waals surface area contributed by atoms with Crippen molar-refractivity contribution in [3.8, 4) is 23.3 Å². The highest BCUT2D eigenvalue weighted by Gasteiger charge is 2.38. The van der Waals surface area contributed by atoms with Crippen molar-refractivity contribution in [2.75, 3.05) is 0 Å². The molecule has 0 saturated carbocycles. The Bertz CT molecular complexity index is 3570. The lowest BCUT2D eigenvalue weighted by Gasteiger charge is -2.37. The Morgan fingerprint density at radius 2 is 1.02 bits per heavy atom. The Balaban J connectivity index is 1.12. The van der Waals surface area contributed by atoms with E-state index in [2.05, 4.69) is 222 Å². The first-order chi connectivity index (χ1) is 32.6. The van der Waals surface area contributed by atoms with Gasteiger partial charge in [0.1, 0.15) is 5.82 Å². The normalized spacial score (nSPS) is 12.2. The Labute approximate surface area is 383 Å². The molecular weight excluding hydrogens is 803 g/mol. The predicted molar refractivity (Wildman–Crippen MR) is 272 cm³/mol. The van der Waals surface area contributed by atoms with Gasteiger partial charge in [0.05, 0.1) is 44.8 Å². The van der Waals surface area contributed by atoms with E-state index >= 15 is 0 Å². The van der Waals surface area contributed by atoms with E-state index in [0.29, 0.717) is 11.4 Å². The minimum atomic E-state index is -0.593. The number of benzene rings is 8. The standard InChI is InChI=1S/C61H43N5/c1-3-43(39-49(4-2)65-55-29-17-16-28-52(55)53-38-42(41-62)32-37-58(53)65)54-40-59(66-56-30-18-14-26-50(56)51-27-15-19-31-57(51)66)64-60(63-54)44-33-35-48(36-34-44)61(45-20-8-5-9-21-45,46-22-10-6-11-23-46)47-24-12-7-13-25-47/h3-40H,1H2,2H3/b43-39+,49-4+. The van der Waals surface area contributed by atoms with Crippen molar-refractivity contribution in [2.24, 2.45) is 0 Å². The monoisotopic (exact) mass is 845 g/mol. The molecule has 66 heavy (non-hydrogen) atoms. The van der Waals surface area contributed by atoms with Crippen LogP contribution in [0.3, 0.4) is 0 Å². The molecule has 0 radical (unpaired) electrons. The van der Waals surface area contributed by atoms with Crippen LogP contribution in [0.2, 0.25) is 0 Å². The fourth-order valence-electron chi connectivity index (χ4n) is 9.92. The number of aromatic nitrogens is 4. The SMILES string of the molecule is C=C/C(=C\C(=C/C)n1c2ccccc2c2cc(C#N)ccc21)c1cc(-n2c3ccccc3c3ccccc32)nc(-c2ccc(C(c3ccccc3)(c3ccccc3)c3ccccc3)cc2)n1. The number of hydrogen-bond donors (Lipinski definition) is 0. The summed E-state index contributed by atoms with van der Waals surface area (Å²) >= 11 is 0. The van der Waals surface area contributed by atoms with Crippen molar-refractivity contribution in [3.05, 3.63) is 271 Å². The largest absolute Gasteiger partial charge is 0.310 e. The highest BCUT2D eigenvalue weighted by Crippen LogP contribution is 2.45. The van der Waals surface area contributed by atoms with Crippen LogP contribution in [-0.2, 0) is 5.41 Å². The number of rotatable bonds is 10. The van der Waals surface area contributed by atoms with Crippen molar-refractivity contribution >= 4 is 54.9 Å². The average molecular weight is 846 g/mol. The van der Waals surface area contributed by atoms with Gasteiger partial charge in [0.25, 0.3) is 0 Å². The van der Waals surface area contributed by atoms with Gasteiger partial charge in [-0.1, -0.05) is 189 Å². The van der Waals surface area contributed by atoms with E-state index in [-0.39, 0.29) is 0 Å². The molecule has 0 aliphatic heterocycles. The first kappa shape index (κ1) is 40.0. The highest BCUT2D eigenvalue weighted by atomic mass is 15.1. The van der Waals surface area contributed by atoms with Crippen LogP contribution in [0.25, 0.3) is 72.1 Å². The number of nitrogens with zero attached hydrogens (tertiary/aromatic N) is 5. The maximum atomic E-state index is 9.81. The van der Waals surface area contributed by atoms with E-state index < -0.39 is 5.41 Å². The third-order valence-electron chi connectivity index (χ3n) is 12.9. The summed E-state index contributed by atoms with van der Waals surface area (Å²) in [6.07, 6.45) is 6.14. The maximum Gasteiger partial charge on any atom is 0.162 e. The van der Waals surface area contributed by atoms with Gasteiger partial charge < -0.3 is 4.57 Å². The van der Waals surface area contributed by atoms with Gasteiger partial charge in [0.2, 0.25) is 0 Å². The van der Waals surface area contributed by atoms with Gasteiger partial charge in [-0.25, -0.2) is 9.97 Å². The van der Waals surface area contributed by atoms with Crippen molar-refractivity contribution in [2.45, 2.75) is 12.3 Å². The zero-order chi connectivity index (χ0) is 44.6. The number of nitriles is 1. The summed E-state index contributed by atoms with van der Waals surface area (Å²) in [4.78, 5) is 10.8. The first-order valence-electron chi connectivity index (χ1n) is 22.2.